The quantitative estimate of drug-likeness (QED) is 0.331. The monoisotopic (exact) mass is 364 g/mol. The highest BCUT2D eigenvalue weighted by Crippen LogP contribution is 2.34. The summed E-state index contributed by atoms with van der Waals surface area (Å²) in [7, 11) is 0. The maximum Gasteiger partial charge on any atom is 0.159 e. The molecule has 0 aliphatic rings. The minimum atomic E-state index is -0.981. The zero-order valence-corrected chi connectivity index (χ0v) is 15.0. The van der Waals surface area contributed by atoms with Crippen molar-refractivity contribution in [1.82, 2.24) is 0 Å². The van der Waals surface area contributed by atoms with Crippen molar-refractivity contribution >= 4 is 21.5 Å². The van der Waals surface area contributed by atoms with E-state index in [9.17, 15) is 8.78 Å². The molecule has 0 saturated carbocycles. The van der Waals surface area contributed by atoms with Crippen molar-refractivity contribution in [2.24, 2.45) is 0 Å². The molecule has 4 rings (SSSR count). The van der Waals surface area contributed by atoms with Gasteiger partial charge in [-0.05, 0) is 52.3 Å². The Labute approximate surface area is 156 Å². The first-order valence-corrected chi connectivity index (χ1v) is 9.18. The lowest BCUT2D eigenvalue weighted by Crippen LogP contribution is -1.91. The molecule has 0 amide bonds. The lowest BCUT2D eigenvalue weighted by Gasteiger charge is -2.11. The van der Waals surface area contributed by atoms with Crippen LogP contribution in [0.4, 0.5) is 13.2 Å². The number of aryl methyl sites for hydroxylation is 1. The summed E-state index contributed by atoms with van der Waals surface area (Å²) in [4.78, 5) is 0. The fourth-order valence-electron chi connectivity index (χ4n) is 3.58. The molecule has 0 aliphatic heterocycles. The first kappa shape index (κ1) is 17.6. The highest BCUT2D eigenvalue weighted by Gasteiger charge is 2.13. The van der Waals surface area contributed by atoms with Crippen LogP contribution in [0.3, 0.4) is 0 Å². The van der Waals surface area contributed by atoms with Gasteiger partial charge in [-0.1, -0.05) is 61.9 Å². The normalized spacial score (nSPS) is 11.4. The maximum absolute atomic E-state index is 15.1. The second-order valence-corrected chi connectivity index (χ2v) is 6.88. The molecule has 0 atom stereocenters. The smallest absolute Gasteiger partial charge is 0.159 e. The lowest BCUT2D eigenvalue weighted by atomic mass is 9.95. The van der Waals surface area contributed by atoms with Gasteiger partial charge in [0.1, 0.15) is 5.82 Å². The van der Waals surface area contributed by atoms with E-state index in [1.165, 1.54) is 11.6 Å². The van der Waals surface area contributed by atoms with Crippen LogP contribution in [0.5, 0.6) is 0 Å². The number of hydrogen-bond donors (Lipinski definition) is 0. The first-order valence-electron chi connectivity index (χ1n) is 9.18. The Bertz CT molecular complexity index is 1150. The Balaban J connectivity index is 1.85. The fourth-order valence-corrected chi connectivity index (χ4v) is 3.58. The van der Waals surface area contributed by atoms with Gasteiger partial charge >= 0.3 is 0 Å². The highest BCUT2D eigenvalue weighted by molar-refractivity contribution is 6.08. The van der Waals surface area contributed by atoms with Crippen molar-refractivity contribution in [1.29, 1.82) is 0 Å². The highest BCUT2D eigenvalue weighted by atomic mass is 19.2. The average molecular weight is 364 g/mol. The van der Waals surface area contributed by atoms with E-state index in [0.29, 0.717) is 10.9 Å². The van der Waals surface area contributed by atoms with Crippen LogP contribution in [0.1, 0.15) is 25.3 Å². The molecule has 0 nitrogen and oxygen atoms in total. The van der Waals surface area contributed by atoms with Crippen LogP contribution in [-0.2, 0) is 6.42 Å². The van der Waals surface area contributed by atoms with Crippen molar-refractivity contribution in [2.45, 2.75) is 26.2 Å². The fraction of sp³-hybridized carbons (Fsp3) is 0.167. The van der Waals surface area contributed by atoms with Gasteiger partial charge in [-0.2, -0.15) is 0 Å². The molecular formula is C24H19F3. The second-order valence-electron chi connectivity index (χ2n) is 6.88. The number of fused-ring (bicyclic) bond motifs is 3. The lowest BCUT2D eigenvalue weighted by molar-refractivity contribution is 0.509. The molecule has 0 saturated heterocycles. The Morgan fingerprint density at radius 2 is 1.48 bits per heavy atom. The zero-order chi connectivity index (χ0) is 19.0. The number of unbranched alkanes of at least 4 members (excludes halogenated alkanes) is 1. The van der Waals surface area contributed by atoms with Gasteiger partial charge in [0.15, 0.2) is 11.6 Å². The van der Waals surface area contributed by atoms with E-state index in [1.54, 1.807) is 12.1 Å². The summed E-state index contributed by atoms with van der Waals surface area (Å²) in [6, 6.07) is 16.9. The third-order valence-corrected chi connectivity index (χ3v) is 5.07. The molecule has 0 bridgehead atoms. The minimum absolute atomic E-state index is 0.264. The van der Waals surface area contributed by atoms with Crippen molar-refractivity contribution in [3.63, 3.8) is 0 Å². The third-order valence-electron chi connectivity index (χ3n) is 5.07. The van der Waals surface area contributed by atoms with Gasteiger partial charge in [-0.25, -0.2) is 13.2 Å². The number of hydrogen-bond acceptors (Lipinski definition) is 0. The summed E-state index contributed by atoms with van der Waals surface area (Å²) in [6.07, 6.45) is 3.33. The predicted octanol–water partition coefficient (Wildman–Crippen LogP) is 7.42. The Morgan fingerprint density at radius 3 is 2.26 bits per heavy atom. The van der Waals surface area contributed by atoms with Crippen LogP contribution in [0.25, 0.3) is 32.7 Å². The van der Waals surface area contributed by atoms with Gasteiger partial charge < -0.3 is 0 Å². The number of halogens is 3. The van der Waals surface area contributed by atoms with Crippen molar-refractivity contribution in [3.8, 4) is 11.1 Å². The first-order chi connectivity index (χ1) is 13.1. The van der Waals surface area contributed by atoms with E-state index < -0.39 is 17.5 Å². The van der Waals surface area contributed by atoms with Crippen LogP contribution in [-0.4, -0.2) is 0 Å². The molecule has 0 radical (unpaired) electrons. The molecule has 136 valence electrons. The van der Waals surface area contributed by atoms with Crippen LogP contribution in [0.2, 0.25) is 0 Å². The topological polar surface area (TPSA) is 0 Å². The van der Waals surface area contributed by atoms with E-state index in [-0.39, 0.29) is 5.56 Å². The van der Waals surface area contributed by atoms with Crippen molar-refractivity contribution in [3.05, 3.63) is 83.7 Å². The molecule has 0 N–H and O–H groups in total. The summed E-state index contributed by atoms with van der Waals surface area (Å²) >= 11 is 0. The van der Waals surface area contributed by atoms with Crippen LogP contribution < -0.4 is 0 Å². The molecule has 4 aromatic carbocycles. The molecule has 4 aromatic rings. The molecule has 0 aromatic heterocycles. The van der Waals surface area contributed by atoms with Gasteiger partial charge in [0.2, 0.25) is 0 Å². The van der Waals surface area contributed by atoms with Crippen molar-refractivity contribution in [2.75, 3.05) is 0 Å². The maximum atomic E-state index is 15.1. The van der Waals surface area contributed by atoms with Crippen LogP contribution >= 0.6 is 0 Å². The minimum Gasteiger partial charge on any atom is -0.206 e. The van der Waals surface area contributed by atoms with Gasteiger partial charge in [0.05, 0.1) is 0 Å². The van der Waals surface area contributed by atoms with E-state index in [4.69, 9.17) is 0 Å². The summed E-state index contributed by atoms with van der Waals surface area (Å²) in [5.41, 5.74) is 1.87. The van der Waals surface area contributed by atoms with Gasteiger partial charge in [-0.3, -0.25) is 0 Å². The molecule has 27 heavy (non-hydrogen) atoms. The van der Waals surface area contributed by atoms with Gasteiger partial charge in [0.25, 0.3) is 0 Å². The largest absolute Gasteiger partial charge is 0.206 e. The van der Waals surface area contributed by atoms with E-state index >= 15 is 4.39 Å². The third kappa shape index (κ3) is 3.18. The summed E-state index contributed by atoms with van der Waals surface area (Å²) in [6.45, 7) is 2.17. The number of rotatable bonds is 4. The summed E-state index contributed by atoms with van der Waals surface area (Å²) in [5, 5.41) is 3.36. The van der Waals surface area contributed by atoms with E-state index in [1.807, 2.05) is 18.2 Å². The van der Waals surface area contributed by atoms with E-state index in [0.717, 1.165) is 47.6 Å². The molecule has 0 aliphatic carbocycles. The molecule has 0 spiro atoms. The standard InChI is InChI=1S/C24H19F3/c1-2-3-4-15-5-8-18-16(13-15)6-9-21-20(18)11-10-19(24(21)27)17-7-12-22(25)23(26)14-17/h5-14H,2-4H2,1H3. The zero-order valence-electron chi connectivity index (χ0n) is 15.0. The number of benzene rings is 4. The van der Waals surface area contributed by atoms with Crippen LogP contribution in [0.15, 0.2) is 60.7 Å². The summed E-state index contributed by atoms with van der Waals surface area (Å²) in [5.74, 6) is -2.34. The molecule has 3 heteroatoms. The average Bonchev–Trinajstić information content (AvgIpc) is 2.68. The van der Waals surface area contributed by atoms with Gasteiger partial charge in [-0.15, -0.1) is 0 Å². The summed E-state index contributed by atoms with van der Waals surface area (Å²) < 4.78 is 41.9. The predicted molar refractivity (Wildman–Crippen MR) is 105 cm³/mol. The van der Waals surface area contributed by atoms with Crippen molar-refractivity contribution < 1.29 is 13.2 Å². The molecular weight excluding hydrogens is 345 g/mol. The van der Waals surface area contributed by atoms with Gasteiger partial charge in [0, 0.05) is 10.9 Å². The Hall–Kier alpha value is -2.81. The molecule has 0 heterocycles. The van der Waals surface area contributed by atoms with E-state index in [2.05, 4.69) is 19.1 Å². The Kier molecular flexibility index (Phi) is 4.61. The molecule has 0 fully saturated rings. The Morgan fingerprint density at radius 1 is 0.704 bits per heavy atom. The molecule has 0 unspecified atom stereocenters. The SMILES string of the molecule is CCCCc1ccc2c(ccc3c(F)c(-c4ccc(F)c(F)c4)ccc32)c1. The second kappa shape index (κ2) is 7.07. The van der Waals surface area contributed by atoms with Crippen LogP contribution in [0, 0.1) is 17.5 Å².